The van der Waals surface area contributed by atoms with Crippen LogP contribution in [0.4, 0.5) is 5.69 Å². The van der Waals surface area contributed by atoms with Gasteiger partial charge in [0.1, 0.15) is 5.75 Å². The fourth-order valence-electron chi connectivity index (χ4n) is 3.68. The normalized spacial score (nSPS) is 16.1. The fraction of sp³-hybridized carbons (Fsp3) is 0.417. The lowest BCUT2D eigenvalue weighted by Gasteiger charge is -2.30. The molecule has 0 aromatic heterocycles. The van der Waals surface area contributed by atoms with Crippen LogP contribution < -0.4 is 15.4 Å². The molecule has 3 rings (SSSR count). The molecule has 2 aromatic carbocycles. The number of para-hydroxylation sites is 1. The molecule has 178 valence electrons. The first-order valence-corrected chi connectivity index (χ1v) is 12.5. The van der Waals surface area contributed by atoms with Gasteiger partial charge in [0.15, 0.2) is 0 Å². The number of carbonyl (C=O) groups excluding carboxylic acids is 2. The van der Waals surface area contributed by atoms with Gasteiger partial charge in [0.05, 0.1) is 23.3 Å². The monoisotopic (exact) mass is 473 g/mol. The lowest BCUT2D eigenvalue weighted by molar-refractivity contribution is -0.120. The molecule has 1 aliphatic rings. The highest BCUT2D eigenvalue weighted by molar-refractivity contribution is 7.89. The summed E-state index contributed by atoms with van der Waals surface area (Å²) in [6.07, 6.45) is 1.61. The molecule has 0 aliphatic carbocycles. The van der Waals surface area contributed by atoms with Crippen molar-refractivity contribution in [2.24, 2.45) is 5.92 Å². The van der Waals surface area contributed by atoms with Gasteiger partial charge in [-0.15, -0.1) is 0 Å². The number of benzene rings is 2. The maximum absolute atomic E-state index is 12.9. The minimum Gasteiger partial charge on any atom is -0.497 e. The molecule has 0 bridgehead atoms. The first-order chi connectivity index (χ1) is 15.8. The third-order valence-corrected chi connectivity index (χ3v) is 7.85. The van der Waals surface area contributed by atoms with Crippen molar-refractivity contribution in [1.82, 2.24) is 9.62 Å². The molecule has 33 heavy (non-hydrogen) atoms. The number of amides is 2. The minimum absolute atomic E-state index is 0.0261. The predicted molar refractivity (Wildman–Crippen MR) is 127 cm³/mol. The van der Waals surface area contributed by atoms with E-state index >= 15 is 0 Å². The van der Waals surface area contributed by atoms with Crippen LogP contribution in [0.1, 0.15) is 43.5 Å². The van der Waals surface area contributed by atoms with E-state index in [2.05, 4.69) is 10.6 Å². The molecular formula is C24H31N3O5S. The van der Waals surface area contributed by atoms with Gasteiger partial charge in [0.2, 0.25) is 15.9 Å². The Morgan fingerprint density at radius 3 is 2.33 bits per heavy atom. The zero-order valence-corrected chi connectivity index (χ0v) is 20.0. The number of piperidine rings is 1. The van der Waals surface area contributed by atoms with E-state index in [9.17, 15) is 18.0 Å². The molecular weight excluding hydrogens is 442 g/mol. The van der Waals surface area contributed by atoms with Gasteiger partial charge in [0, 0.05) is 25.0 Å². The number of nitrogens with one attached hydrogen (secondary N) is 2. The Kier molecular flexibility index (Phi) is 8.10. The third-order valence-electron chi connectivity index (χ3n) is 5.94. The summed E-state index contributed by atoms with van der Waals surface area (Å²) in [6, 6.07) is 13.2. The highest BCUT2D eigenvalue weighted by Crippen LogP contribution is 2.26. The summed E-state index contributed by atoms with van der Waals surface area (Å²) in [5, 5.41) is 5.78. The number of carbonyl (C=O) groups is 2. The Bertz CT molecular complexity index is 1080. The van der Waals surface area contributed by atoms with E-state index in [1.54, 1.807) is 36.4 Å². The lowest BCUT2D eigenvalue weighted by atomic mass is 9.97. The summed E-state index contributed by atoms with van der Waals surface area (Å²) in [6.45, 7) is 4.41. The molecule has 2 N–H and O–H groups in total. The van der Waals surface area contributed by atoms with Crippen LogP contribution in [0, 0.1) is 5.92 Å². The van der Waals surface area contributed by atoms with Crippen LogP contribution in [0.25, 0.3) is 0 Å². The molecule has 2 aromatic rings. The first kappa shape index (κ1) is 24.7. The average molecular weight is 474 g/mol. The van der Waals surface area contributed by atoms with E-state index in [1.165, 1.54) is 23.5 Å². The van der Waals surface area contributed by atoms with Gasteiger partial charge in [-0.3, -0.25) is 9.59 Å². The van der Waals surface area contributed by atoms with Crippen molar-refractivity contribution in [2.45, 2.75) is 44.0 Å². The topological polar surface area (TPSA) is 105 Å². The Morgan fingerprint density at radius 2 is 1.73 bits per heavy atom. The zero-order chi connectivity index (χ0) is 24.0. The van der Waals surface area contributed by atoms with Gasteiger partial charge in [-0.05, 0) is 62.6 Å². The second kappa shape index (κ2) is 10.8. The first-order valence-electron chi connectivity index (χ1n) is 11.1. The van der Waals surface area contributed by atoms with Gasteiger partial charge in [0.25, 0.3) is 5.91 Å². The van der Waals surface area contributed by atoms with Crippen molar-refractivity contribution in [1.29, 1.82) is 0 Å². The molecule has 8 nitrogen and oxygen atoms in total. The minimum atomic E-state index is -3.63. The molecule has 1 aliphatic heterocycles. The average Bonchev–Trinajstić information content (AvgIpc) is 2.84. The van der Waals surface area contributed by atoms with Gasteiger partial charge in [-0.2, -0.15) is 4.31 Å². The number of anilines is 1. The molecule has 9 heteroatoms. The van der Waals surface area contributed by atoms with E-state index in [4.69, 9.17) is 4.74 Å². The Balaban J connectivity index is 1.63. The molecule has 0 saturated carbocycles. The van der Waals surface area contributed by atoms with Gasteiger partial charge >= 0.3 is 0 Å². The van der Waals surface area contributed by atoms with Crippen molar-refractivity contribution < 1.29 is 22.7 Å². The van der Waals surface area contributed by atoms with Gasteiger partial charge < -0.3 is 15.4 Å². The molecule has 0 spiro atoms. The summed E-state index contributed by atoms with van der Waals surface area (Å²) >= 11 is 0. The van der Waals surface area contributed by atoms with Crippen LogP contribution in [-0.2, 0) is 14.8 Å². The summed E-state index contributed by atoms with van der Waals surface area (Å²) in [5.41, 5.74) is 0.863. The maximum atomic E-state index is 12.9. The van der Waals surface area contributed by atoms with E-state index in [0.29, 0.717) is 29.8 Å². The number of ether oxygens (including phenoxy) is 1. The molecule has 1 fully saturated rings. The zero-order valence-electron chi connectivity index (χ0n) is 19.2. The lowest BCUT2D eigenvalue weighted by Crippen LogP contribution is -2.41. The van der Waals surface area contributed by atoms with Crippen LogP contribution in [0.15, 0.2) is 53.4 Å². The second-order valence-corrected chi connectivity index (χ2v) is 10.1. The number of sulfonamides is 1. The molecule has 1 heterocycles. The summed E-state index contributed by atoms with van der Waals surface area (Å²) in [5.74, 6) is -0.193. The molecule has 2 amide bonds. The summed E-state index contributed by atoms with van der Waals surface area (Å²) in [7, 11) is -2.11. The molecule has 1 saturated heterocycles. The molecule has 1 atom stereocenters. The van der Waals surface area contributed by atoms with E-state index < -0.39 is 10.0 Å². The van der Waals surface area contributed by atoms with E-state index in [1.807, 2.05) is 13.8 Å². The van der Waals surface area contributed by atoms with Crippen LogP contribution in [0.2, 0.25) is 0 Å². The smallest absolute Gasteiger partial charge is 0.253 e. The highest BCUT2D eigenvalue weighted by Gasteiger charge is 2.32. The fourth-order valence-corrected chi connectivity index (χ4v) is 5.15. The van der Waals surface area contributed by atoms with Crippen LogP contribution >= 0.6 is 0 Å². The second-order valence-electron chi connectivity index (χ2n) is 8.17. The van der Waals surface area contributed by atoms with Gasteiger partial charge in [-0.25, -0.2) is 8.42 Å². The summed E-state index contributed by atoms with van der Waals surface area (Å²) in [4.78, 5) is 25.7. The van der Waals surface area contributed by atoms with Crippen LogP contribution in [0.3, 0.4) is 0 Å². The maximum Gasteiger partial charge on any atom is 0.253 e. The number of nitrogens with zero attached hydrogens (tertiary/aromatic N) is 1. The van der Waals surface area contributed by atoms with Crippen molar-refractivity contribution >= 4 is 27.5 Å². The summed E-state index contributed by atoms with van der Waals surface area (Å²) < 4.78 is 32.3. The van der Waals surface area contributed by atoms with E-state index in [-0.39, 0.29) is 41.8 Å². The predicted octanol–water partition coefficient (Wildman–Crippen LogP) is 3.26. The van der Waals surface area contributed by atoms with Gasteiger partial charge in [-0.1, -0.05) is 19.1 Å². The Labute approximate surface area is 195 Å². The molecule has 0 unspecified atom stereocenters. The van der Waals surface area contributed by atoms with E-state index in [0.717, 1.165) is 6.42 Å². The number of rotatable bonds is 8. The SMILES string of the molecule is CC[C@@H](C)NC(=O)c1ccccc1NC(=O)C1CCN(S(=O)(=O)c2ccc(OC)cc2)CC1. The van der Waals surface area contributed by atoms with Crippen molar-refractivity contribution in [2.75, 3.05) is 25.5 Å². The Hall–Kier alpha value is -2.91. The molecule has 0 radical (unpaired) electrons. The number of hydrogen-bond acceptors (Lipinski definition) is 5. The number of methoxy groups -OCH3 is 1. The van der Waals surface area contributed by atoms with Crippen molar-refractivity contribution in [3.63, 3.8) is 0 Å². The van der Waals surface area contributed by atoms with Crippen LogP contribution in [-0.4, -0.2) is 50.8 Å². The largest absolute Gasteiger partial charge is 0.497 e. The van der Waals surface area contributed by atoms with Crippen molar-refractivity contribution in [3.05, 3.63) is 54.1 Å². The van der Waals surface area contributed by atoms with Crippen LogP contribution in [0.5, 0.6) is 5.75 Å². The highest BCUT2D eigenvalue weighted by atomic mass is 32.2. The third kappa shape index (κ3) is 5.91. The quantitative estimate of drug-likeness (QED) is 0.612. The Morgan fingerprint density at radius 1 is 1.09 bits per heavy atom. The standard InChI is InChI=1S/C24H31N3O5S/c1-4-17(2)25-24(29)21-7-5-6-8-22(21)26-23(28)18-13-15-27(16-14-18)33(30,31)20-11-9-19(32-3)10-12-20/h5-12,17-18H,4,13-16H2,1-3H3,(H,25,29)(H,26,28)/t17-/m1/s1. The van der Waals surface area contributed by atoms with Crippen molar-refractivity contribution in [3.8, 4) is 5.75 Å². The number of hydrogen-bond donors (Lipinski definition) is 2.